The molecule has 0 aromatic rings. The van der Waals surface area contributed by atoms with Gasteiger partial charge in [0.2, 0.25) is 0 Å². The van der Waals surface area contributed by atoms with E-state index < -0.39 is 6.10 Å². The summed E-state index contributed by atoms with van der Waals surface area (Å²) >= 11 is 0. The van der Waals surface area contributed by atoms with E-state index in [4.69, 9.17) is 19.7 Å². The second kappa shape index (κ2) is 25.9. The second-order valence-corrected chi connectivity index (χ2v) is 8.53. The first-order valence-electron chi connectivity index (χ1n) is 12.8. The highest BCUT2D eigenvalue weighted by molar-refractivity contribution is 4.51. The van der Waals surface area contributed by atoms with Gasteiger partial charge in [0.15, 0.2) is 0 Å². The summed E-state index contributed by atoms with van der Waals surface area (Å²) in [5, 5.41) is 17.8. The molecule has 4 nitrogen and oxygen atoms in total. The highest BCUT2D eigenvalue weighted by Gasteiger charge is 2.00. The van der Waals surface area contributed by atoms with Gasteiger partial charge in [-0.3, -0.25) is 0 Å². The Hall–Kier alpha value is -0.160. The van der Waals surface area contributed by atoms with E-state index >= 15 is 0 Å². The Morgan fingerprint density at radius 3 is 1.31 bits per heavy atom. The van der Waals surface area contributed by atoms with E-state index in [0.29, 0.717) is 13.2 Å². The fraction of sp³-hybridized carbons (Fsp3) is 1.00. The van der Waals surface area contributed by atoms with Crippen LogP contribution in [0.3, 0.4) is 0 Å². The van der Waals surface area contributed by atoms with E-state index in [1.807, 2.05) is 0 Å². The lowest BCUT2D eigenvalue weighted by Crippen LogP contribution is -2.20. The van der Waals surface area contributed by atoms with Crippen molar-refractivity contribution in [2.45, 2.75) is 129 Å². The van der Waals surface area contributed by atoms with Crippen LogP contribution in [0.5, 0.6) is 0 Å². The molecule has 0 fully saturated rings. The maximum absolute atomic E-state index is 9.11. The van der Waals surface area contributed by atoms with Crippen molar-refractivity contribution in [1.29, 1.82) is 0 Å². The lowest BCUT2D eigenvalue weighted by Gasteiger charge is -2.08. The van der Waals surface area contributed by atoms with Gasteiger partial charge in [0, 0.05) is 6.61 Å². The van der Waals surface area contributed by atoms with E-state index in [0.717, 1.165) is 13.0 Å². The van der Waals surface area contributed by atoms with E-state index in [1.165, 1.54) is 109 Å². The van der Waals surface area contributed by atoms with Gasteiger partial charge in [0.25, 0.3) is 0 Å². The third-order valence-electron chi connectivity index (χ3n) is 5.54. The third-order valence-corrected chi connectivity index (χ3v) is 5.54. The predicted molar refractivity (Wildman–Crippen MR) is 124 cm³/mol. The van der Waals surface area contributed by atoms with Crippen molar-refractivity contribution < 1.29 is 19.7 Å². The molecule has 0 aliphatic carbocycles. The normalized spacial score (nSPS) is 12.5. The minimum absolute atomic E-state index is 0.180. The van der Waals surface area contributed by atoms with Crippen LogP contribution in [-0.2, 0) is 9.47 Å². The summed E-state index contributed by atoms with van der Waals surface area (Å²) in [4.78, 5) is 0. The molecule has 1 atom stereocenters. The van der Waals surface area contributed by atoms with Gasteiger partial charge in [-0.1, -0.05) is 116 Å². The van der Waals surface area contributed by atoms with Gasteiger partial charge in [-0.05, 0) is 6.42 Å². The third kappa shape index (κ3) is 25.8. The zero-order chi connectivity index (χ0) is 21.3. The summed E-state index contributed by atoms with van der Waals surface area (Å²) in [6.07, 6.45) is 24.3. The molecule has 0 amide bonds. The minimum atomic E-state index is -0.773. The zero-order valence-corrected chi connectivity index (χ0v) is 19.6. The van der Waals surface area contributed by atoms with Crippen LogP contribution in [0.25, 0.3) is 0 Å². The Morgan fingerprint density at radius 1 is 0.517 bits per heavy atom. The first kappa shape index (κ1) is 28.8. The molecule has 1 unspecified atom stereocenters. The van der Waals surface area contributed by atoms with Crippen molar-refractivity contribution in [2.75, 3.05) is 33.0 Å². The molecule has 176 valence electrons. The van der Waals surface area contributed by atoms with Crippen LogP contribution in [0.2, 0.25) is 0 Å². The maximum atomic E-state index is 9.11. The molecule has 0 aliphatic heterocycles. The zero-order valence-electron chi connectivity index (χ0n) is 19.6. The molecule has 0 bridgehead atoms. The van der Waals surface area contributed by atoms with Gasteiger partial charge in [0.1, 0.15) is 6.10 Å². The van der Waals surface area contributed by atoms with Gasteiger partial charge >= 0.3 is 0 Å². The number of rotatable bonds is 25. The van der Waals surface area contributed by atoms with E-state index in [-0.39, 0.29) is 13.2 Å². The van der Waals surface area contributed by atoms with Crippen LogP contribution in [0.4, 0.5) is 0 Å². The summed E-state index contributed by atoms with van der Waals surface area (Å²) in [5.74, 6) is 0. The molecular weight excluding hydrogens is 364 g/mol. The van der Waals surface area contributed by atoms with E-state index in [9.17, 15) is 0 Å². The molecule has 0 spiro atoms. The van der Waals surface area contributed by atoms with Crippen molar-refractivity contribution >= 4 is 0 Å². The Bertz CT molecular complexity index is 286. The van der Waals surface area contributed by atoms with Crippen molar-refractivity contribution in [2.24, 2.45) is 0 Å². The molecule has 0 radical (unpaired) electrons. The average Bonchev–Trinajstić information content (AvgIpc) is 2.74. The Kier molecular flexibility index (Phi) is 25.7. The van der Waals surface area contributed by atoms with Gasteiger partial charge in [-0.25, -0.2) is 0 Å². The minimum Gasteiger partial charge on any atom is -0.394 e. The first-order chi connectivity index (χ1) is 14.3. The first-order valence-corrected chi connectivity index (χ1v) is 12.8. The topological polar surface area (TPSA) is 58.9 Å². The molecule has 0 heterocycles. The largest absolute Gasteiger partial charge is 0.394 e. The maximum Gasteiger partial charge on any atom is 0.100 e. The molecule has 4 heteroatoms. The monoisotopic (exact) mass is 416 g/mol. The molecule has 2 N–H and O–H groups in total. The number of aliphatic hydroxyl groups excluding tert-OH is 2. The smallest absolute Gasteiger partial charge is 0.100 e. The molecule has 0 saturated heterocycles. The molecule has 0 saturated carbocycles. The lowest BCUT2D eigenvalue weighted by atomic mass is 10.0. The van der Waals surface area contributed by atoms with Crippen molar-refractivity contribution in [3.63, 3.8) is 0 Å². The van der Waals surface area contributed by atoms with Gasteiger partial charge in [-0.15, -0.1) is 0 Å². The van der Waals surface area contributed by atoms with Crippen LogP contribution in [-0.4, -0.2) is 49.4 Å². The van der Waals surface area contributed by atoms with Crippen LogP contribution >= 0.6 is 0 Å². The number of aliphatic hydroxyl groups is 2. The van der Waals surface area contributed by atoms with Crippen LogP contribution in [0.15, 0.2) is 0 Å². The van der Waals surface area contributed by atoms with Gasteiger partial charge < -0.3 is 19.7 Å². The Morgan fingerprint density at radius 2 is 0.897 bits per heavy atom. The van der Waals surface area contributed by atoms with Gasteiger partial charge in [0.05, 0.1) is 26.4 Å². The van der Waals surface area contributed by atoms with Crippen LogP contribution < -0.4 is 0 Å². The van der Waals surface area contributed by atoms with Crippen LogP contribution in [0, 0.1) is 0 Å². The lowest BCUT2D eigenvalue weighted by molar-refractivity contribution is -0.0150. The van der Waals surface area contributed by atoms with E-state index in [2.05, 4.69) is 6.92 Å². The highest BCUT2D eigenvalue weighted by atomic mass is 16.5. The van der Waals surface area contributed by atoms with Crippen molar-refractivity contribution in [3.8, 4) is 0 Å². The van der Waals surface area contributed by atoms with Crippen molar-refractivity contribution in [3.05, 3.63) is 0 Å². The summed E-state index contributed by atoms with van der Waals surface area (Å²) in [6.45, 7) is 4.06. The highest BCUT2D eigenvalue weighted by Crippen LogP contribution is 2.14. The number of unbranched alkanes of at least 4 members (excludes halogenated alkanes) is 17. The molecule has 0 aromatic carbocycles. The molecule has 0 aliphatic rings. The molecular formula is C25H52O4. The average molecular weight is 417 g/mol. The summed E-state index contributed by atoms with van der Waals surface area (Å²) in [6, 6.07) is 0. The number of ether oxygens (including phenoxy) is 2. The molecule has 0 rings (SSSR count). The fourth-order valence-electron chi connectivity index (χ4n) is 3.60. The van der Waals surface area contributed by atoms with E-state index in [1.54, 1.807) is 0 Å². The van der Waals surface area contributed by atoms with Crippen molar-refractivity contribution in [1.82, 2.24) is 0 Å². The van der Waals surface area contributed by atoms with Gasteiger partial charge in [-0.2, -0.15) is 0 Å². The second-order valence-electron chi connectivity index (χ2n) is 8.53. The number of hydrogen-bond acceptors (Lipinski definition) is 4. The molecule has 29 heavy (non-hydrogen) atoms. The number of hydrogen-bond donors (Lipinski definition) is 2. The fourth-order valence-corrected chi connectivity index (χ4v) is 3.60. The molecule has 0 aromatic heterocycles. The summed E-state index contributed by atoms with van der Waals surface area (Å²) in [5.41, 5.74) is 0. The quantitative estimate of drug-likeness (QED) is 0.169. The van der Waals surface area contributed by atoms with Crippen LogP contribution in [0.1, 0.15) is 122 Å². The Balaban J connectivity index is 3.00. The standard InChI is InChI=1S/C25H52O4/c1-2-3-4-5-6-7-8-9-10-11-12-13-14-15-16-17-18-19-20-28-21-22-29-24-25(27)23-26/h25-27H,2-24H2,1H3. The summed E-state index contributed by atoms with van der Waals surface area (Å²) < 4.78 is 10.7. The predicted octanol–water partition coefficient (Wildman–Crippen LogP) is 6.41. The summed E-state index contributed by atoms with van der Waals surface area (Å²) in [7, 11) is 0. The Labute approximate surface area is 181 Å². The SMILES string of the molecule is CCCCCCCCCCCCCCCCCCCCOCCOCC(O)CO.